The number of amides is 2. The number of thioether (sulfide) groups is 1. The molecule has 0 saturated heterocycles. The van der Waals surface area contributed by atoms with Crippen LogP contribution in [0.25, 0.3) is 0 Å². The molecule has 1 aromatic carbocycles. The molecule has 152 valence electrons. The minimum absolute atomic E-state index is 0.0213. The summed E-state index contributed by atoms with van der Waals surface area (Å²) >= 11 is 2.30. The Morgan fingerprint density at radius 2 is 2.03 bits per heavy atom. The number of nitrogen functional groups attached to an aromatic ring is 1. The molecular formula is C17H17FN6O3S2. The van der Waals surface area contributed by atoms with Gasteiger partial charge < -0.3 is 21.6 Å². The van der Waals surface area contributed by atoms with Crippen LogP contribution in [0.4, 0.5) is 9.39 Å². The summed E-state index contributed by atoms with van der Waals surface area (Å²) in [6, 6.07) is 7.08. The Bertz CT molecular complexity index is 1020. The van der Waals surface area contributed by atoms with Gasteiger partial charge in [-0.1, -0.05) is 11.8 Å². The number of benzene rings is 1. The number of hydrogen-bond acceptors (Lipinski definition) is 8. The Morgan fingerprint density at radius 3 is 2.72 bits per heavy atom. The van der Waals surface area contributed by atoms with E-state index in [1.807, 2.05) is 0 Å². The van der Waals surface area contributed by atoms with Gasteiger partial charge in [0.15, 0.2) is 5.82 Å². The van der Waals surface area contributed by atoms with Gasteiger partial charge in [0, 0.05) is 0 Å². The molecule has 0 saturated carbocycles. The largest absolute Gasteiger partial charge is 0.486 e. The fourth-order valence-electron chi connectivity index (χ4n) is 2.19. The van der Waals surface area contributed by atoms with Crippen LogP contribution in [0, 0.1) is 5.82 Å². The van der Waals surface area contributed by atoms with E-state index >= 15 is 0 Å². The van der Waals surface area contributed by atoms with E-state index in [0.717, 1.165) is 11.8 Å². The molecule has 0 aliphatic heterocycles. The highest BCUT2D eigenvalue weighted by atomic mass is 32.2. The molecule has 0 radical (unpaired) electrons. The van der Waals surface area contributed by atoms with Crippen LogP contribution < -0.4 is 21.6 Å². The quantitative estimate of drug-likeness (QED) is 0.362. The van der Waals surface area contributed by atoms with Crippen molar-refractivity contribution in [3.63, 3.8) is 0 Å². The number of primary amides is 1. The number of rotatable bonds is 8. The van der Waals surface area contributed by atoms with Crippen molar-refractivity contribution in [3.8, 4) is 5.75 Å². The summed E-state index contributed by atoms with van der Waals surface area (Å²) < 4.78 is 19.6. The molecular weight excluding hydrogens is 419 g/mol. The second-order valence-electron chi connectivity index (χ2n) is 5.79. The molecule has 2 amide bonds. The maximum Gasteiger partial charge on any atom is 0.251 e. The molecule has 0 aliphatic rings. The number of thiophene rings is 1. The maximum atomic E-state index is 12.9. The lowest BCUT2D eigenvalue weighted by Crippen LogP contribution is -2.25. The molecule has 0 fully saturated rings. The third kappa shape index (κ3) is 5.03. The van der Waals surface area contributed by atoms with Crippen molar-refractivity contribution in [1.82, 2.24) is 14.9 Å². The number of nitrogens with zero attached hydrogens (tertiary/aromatic N) is 3. The molecule has 0 bridgehead atoms. The number of ether oxygens (including phenoxy) is 1. The van der Waals surface area contributed by atoms with Crippen molar-refractivity contribution in [2.75, 3.05) is 11.2 Å². The first kappa shape index (κ1) is 20.6. The standard InChI is InChI=1S/C17H17FN6O3S2/c1-9(15(26)21-16-12(14(19)25)6-7-28-16)29-17-23-22-13(24(17)20)8-27-11-4-2-10(18)3-5-11/h2-7,9H,8,20H2,1H3,(H2,19,25)(H,21,26). The topological polar surface area (TPSA) is 138 Å². The summed E-state index contributed by atoms with van der Waals surface area (Å²) in [5.41, 5.74) is 5.53. The van der Waals surface area contributed by atoms with Crippen molar-refractivity contribution in [1.29, 1.82) is 0 Å². The highest BCUT2D eigenvalue weighted by Gasteiger charge is 2.21. The van der Waals surface area contributed by atoms with Crippen molar-refractivity contribution in [2.24, 2.45) is 5.73 Å². The fraction of sp³-hybridized carbons (Fsp3) is 0.176. The lowest BCUT2D eigenvalue weighted by Gasteiger charge is -2.11. The Balaban J connectivity index is 1.59. The first-order valence-electron chi connectivity index (χ1n) is 8.27. The SMILES string of the molecule is CC(Sc1nnc(COc2ccc(F)cc2)n1N)C(=O)Nc1sccc1C(N)=O. The van der Waals surface area contributed by atoms with Crippen LogP contribution in [-0.4, -0.2) is 31.9 Å². The third-order valence-electron chi connectivity index (χ3n) is 3.74. The van der Waals surface area contributed by atoms with Gasteiger partial charge in [0.2, 0.25) is 11.1 Å². The molecule has 3 rings (SSSR count). The van der Waals surface area contributed by atoms with Crippen LogP contribution in [0.2, 0.25) is 0 Å². The zero-order chi connectivity index (χ0) is 21.0. The summed E-state index contributed by atoms with van der Waals surface area (Å²) in [5, 5.41) is 12.4. The van der Waals surface area contributed by atoms with Gasteiger partial charge in [0.25, 0.3) is 5.91 Å². The van der Waals surface area contributed by atoms with E-state index in [2.05, 4.69) is 15.5 Å². The number of nitrogens with one attached hydrogen (secondary N) is 1. The van der Waals surface area contributed by atoms with Gasteiger partial charge in [-0.3, -0.25) is 9.59 Å². The van der Waals surface area contributed by atoms with Crippen LogP contribution in [0.1, 0.15) is 23.1 Å². The molecule has 0 aliphatic carbocycles. The van der Waals surface area contributed by atoms with Crippen LogP contribution in [0.15, 0.2) is 40.9 Å². The lowest BCUT2D eigenvalue weighted by atomic mass is 10.3. The van der Waals surface area contributed by atoms with Crippen LogP contribution >= 0.6 is 23.1 Å². The zero-order valence-corrected chi connectivity index (χ0v) is 16.8. The second kappa shape index (κ2) is 8.92. The molecule has 1 unspecified atom stereocenters. The summed E-state index contributed by atoms with van der Waals surface area (Å²) in [4.78, 5) is 23.8. The van der Waals surface area contributed by atoms with Crippen molar-refractivity contribution in [2.45, 2.75) is 23.9 Å². The zero-order valence-electron chi connectivity index (χ0n) is 15.2. The highest BCUT2D eigenvalue weighted by molar-refractivity contribution is 8.00. The van der Waals surface area contributed by atoms with Gasteiger partial charge in [-0.25, -0.2) is 9.07 Å². The summed E-state index contributed by atoms with van der Waals surface area (Å²) in [5.74, 6) is 5.45. The molecule has 5 N–H and O–H groups in total. The van der Waals surface area contributed by atoms with Crippen molar-refractivity contribution in [3.05, 3.63) is 52.9 Å². The minimum atomic E-state index is -0.616. The average molecular weight is 436 g/mol. The van der Waals surface area contributed by atoms with E-state index in [-0.39, 0.29) is 23.9 Å². The van der Waals surface area contributed by atoms with Gasteiger partial charge in [0.05, 0.1) is 10.8 Å². The van der Waals surface area contributed by atoms with Crippen LogP contribution in [0.5, 0.6) is 5.75 Å². The van der Waals surface area contributed by atoms with Crippen molar-refractivity contribution < 1.29 is 18.7 Å². The summed E-state index contributed by atoms with van der Waals surface area (Å²) in [7, 11) is 0. The first-order chi connectivity index (χ1) is 13.8. The number of anilines is 1. The third-order valence-corrected chi connectivity index (χ3v) is 5.62. The van der Waals surface area contributed by atoms with Crippen LogP contribution in [-0.2, 0) is 11.4 Å². The molecule has 12 heteroatoms. The molecule has 2 heterocycles. The van der Waals surface area contributed by atoms with Crippen molar-refractivity contribution >= 4 is 39.9 Å². The minimum Gasteiger partial charge on any atom is -0.486 e. The second-order valence-corrected chi connectivity index (χ2v) is 8.01. The number of halogens is 1. The maximum absolute atomic E-state index is 12.9. The van der Waals surface area contributed by atoms with E-state index in [9.17, 15) is 14.0 Å². The number of aromatic nitrogens is 3. The Labute approximate surface area is 173 Å². The predicted molar refractivity (Wildman–Crippen MR) is 108 cm³/mol. The highest BCUT2D eigenvalue weighted by Crippen LogP contribution is 2.26. The molecule has 3 aromatic rings. The smallest absolute Gasteiger partial charge is 0.251 e. The summed E-state index contributed by atoms with van der Waals surface area (Å²) in [6.07, 6.45) is 0. The molecule has 2 aromatic heterocycles. The number of carbonyl (C=O) groups excluding carboxylic acids is 2. The van der Waals surface area contributed by atoms with Gasteiger partial charge in [-0.15, -0.1) is 21.5 Å². The summed E-state index contributed by atoms with van der Waals surface area (Å²) in [6.45, 7) is 1.69. The number of hydrogen-bond donors (Lipinski definition) is 3. The molecule has 9 nitrogen and oxygen atoms in total. The van der Waals surface area contributed by atoms with E-state index in [1.165, 1.54) is 40.3 Å². The Hall–Kier alpha value is -3.12. The molecule has 0 spiro atoms. The van der Waals surface area contributed by atoms with Gasteiger partial charge >= 0.3 is 0 Å². The normalized spacial score (nSPS) is 11.8. The van der Waals surface area contributed by atoms with E-state index in [1.54, 1.807) is 18.4 Å². The fourth-order valence-corrected chi connectivity index (χ4v) is 3.77. The van der Waals surface area contributed by atoms with Gasteiger partial charge in [-0.2, -0.15) is 0 Å². The van der Waals surface area contributed by atoms with E-state index in [0.29, 0.717) is 21.7 Å². The number of nitrogens with two attached hydrogens (primary N) is 2. The average Bonchev–Trinajstić information content (AvgIpc) is 3.29. The first-order valence-corrected chi connectivity index (χ1v) is 10.0. The Morgan fingerprint density at radius 1 is 1.31 bits per heavy atom. The lowest BCUT2D eigenvalue weighted by molar-refractivity contribution is -0.115. The van der Waals surface area contributed by atoms with Crippen LogP contribution in [0.3, 0.4) is 0 Å². The predicted octanol–water partition coefficient (Wildman–Crippen LogP) is 1.99. The van der Waals surface area contributed by atoms with E-state index in [4.69, 9.17) is 16.3 Å². The van der Waals surface area contributed by atoms with Gasteiger partial charge in [-0.05, 0) is 42.6 Å². The molecule has 1 atom stereocenters. The monoisotopic (exact) mass is 436 g/mol. The number of carbonyl (C=O) groups is 2. The van der Waals surface area contributed by atoms with E-state index < -0.39 is 11.2 Å². The Kier molecular flexibility index (Phi) is 6.34. The van der Waals surface area contributed by atoms with Gasteiger partial charge in [0.1, 0.15) is 23.2 Å². The molecule has 29 heavy (non-hydrogen) atoms.